The van der Waals surface area contributed by atoms with E-state index in [-0.39, 0.29) is 18.4 Å². The van der Waals surface area contributed by atoms with Gasteiger partial charge >= 0.3 is 0 Å². The van der Waals surface area contributed by atoms with E-state index in [1.54, 1.807) is 0 Å². The first-order valence-corrected chi connectivity index (χ1v) is 8.61. The van der Waals surface area contributed by atoms with Crippen LogP contribution in [0.2, 0.25) is 0 Å². The molecular formula is C19H24N4O2. The molecule has 6 heteroatoms. The van der Waals surface area contributed by atoms with Gasteiger partial charge in [0.2, 0.25) is 11.8 Å². The average molecular weight is 340 g/mol. The van der Waals surface area contributed by atoms with Crippen LogP contribution in [-0.2, 0) is 4.79 Å². The van der Waals surface area contributed by atoms with Crippen LogP contribution in [0.5, 0.6) is 11.6 Å². The molecule has 1 atom stereocenters. The molecule has 1 saturated heterocycles. The number of carbonyl (C=O) groups is 1. The fraction of sp³-hybridized carbons (Fsp3) is 0.421. The van der Waals surface area contributed by atoms with E-state index < -0.39 is 0 Å². The van der Waals surface area contributed by atoms with Crippen molar-refractivity contribution in [3.05, 3.63) is 47.4 Å². The number of piperidine rings is 1. The van der Waals surface area contributed by atoms with Crippen molar-refractivity contribution in [1.82, 2.24) is 14.9 Å². The van der Waals surface area contributed by atoms with Gasteiger partial charge in [-0.2, -0.15) is 4.98 Å². The van der Waals surface area contributed by atoms with Crippen LogP contribution < -0.4 is 10.5 Å². The van der Waals surface area contributed by atoms with Gasteiger partial charge in [-0.1, -0.05) is 18.2 Å². The molecule has 0 saturated carbocycles. The molecule has 2 N–H and O–H groups in total. The largest absolute Gasteiger partial charge is 0.439 e. The third kappa shape index (κ3) is 4.54. The van der Waals surface area contributed by atoms with Crippen molar-refractivity contribution in [2.24, 2.45) is 5.73 Å². The quantitative estimate of drug-likeness (QED) is 0.904. The van der Waals surface area contributed by atoms with Gasteiger partial charge < -0.3 is 10.5 Å². The first kappa shape index (κ1) is 17.4. The normalized spacial score (nSPS) is 18.1. The van der Waals surface area contributed by atoms with E-state index in [1.807, 2.05) is 44.2 Å². The number of hydrogen-bond acceptors (Lipinski definition) is 5. The lowest BCUT2D eigenvalue weighted by Crippen LogP contribution is -2.40. The summed E-state index contributed by atoms with van der Waals surface area (Å²) >= 11 is 0. The number of nitrogens with two attached hydrogens (primary N) is 1. The third-order valence-corrected chi connectivity index (χ3v) is 4.41. The lowest BCUT2D eigenvalue weighted by molar-refractivity contribution is -0.119. The summed E-state index contributed by atoms with van der Waals surface area (Å²) in [5.41, 5.74) is 7.26. The average Bonchev–Trinajstić information content (AvgIpc) is 2.56. The van der Waals surface area contributed by atoms with E-state index in [9.17, 15) is 4.79 Å². The predicted octanol–water partition coefficient (Wildman–Crippen LogP) is 2.55. The van der Waals surface area contributed by atoms with Gasteiger partial charge in [0.1, 0.15) is 11.6 Å². The highest BCUT2D eigenvalue weighted by Gasteiger charge is 2.25. The summed E-state index contributed by atoms with van der Waals surface area (Å²) in [7, 11) is 0. The zero-order valence-corrected chi connectivity index (χ0v) is 14.7. The molecule has 132 valence electrons. The smallest absolute Gasteiger partial charge is 0.231 e. The number of nitrogens with zero attached hydrogens (tertiary/aromatic N) is 3. The molecule has 1 aromatic heterocycles. The first-order valence-electron chi connectivity index (χ1n) is 8.61. The first-order chi connectivity index (χ1) is 12.0. The number of amides is 1. The van der Waals surface area contributed by atoms with E-state index in [4.69, 9.17) is 10.5 Å². The van der Waals surface area contributed by atoms with E-state index in [2.05, 4.69) is 14.9 Å². The van der Waals surface area contributed by atoms with Crippen molar-refractivity contribution < 1.29 is 9.53 Å². The standard InChI is InChI=1S/C19H24N4O2/c1-13-6-3-4-8-16(13)25-18-10-14(2)21-19(22-18)15-7-5-9-23(11-15)12-17(20)24/h3-4,6,8,10,15H,5,7,9,11-12H2,1-2H3,(H2,20,24)/t15-/m1/s1. The van der Waals surface area contributed by atoms with Crippen LogP contribution in [0.1, 0.15) is 35.8 Å². The number of primary amides is 1. The molecule has 25 heavy (non-hydrogen) atoms. The summed E-state index contributed by atoms with van der Waals surface area (Å²) in [6, 6.07) is 9.71. The lowest BCUT2D eigenvalue weighted by atomic mass is 9.97. The Bertz CT molecular complexity index is 763. The van der Waals surface area contributed by atoms with Gasteiger partial charge in [0.25, 0.3) is 0 Å². The van der Waals surface area contributed by atoms with Gasteiger partial charge in [-0.15, -0.1) is 0 Å². The molecule has 1 aromatic carbocycles. The van der Waals surface area contributed by atoms with Crippen molar-refractivity contribution in [3.63, 3.8) is 0 Å². The number of benzene rings is 1. The zero-order valence-electron chi connectivity index (χ0n) is 14.7. The van der Waals surface area contributed by atoms with Crippen LogP contribution in [0.4, 0.5) is 0 Å². The van der Waals surface area contributed by atoms with E-state index >= 15 is 0 Å². The maximum atomic E-state index is 11.2. The van der Waals surface area contributed by atoms with Crippen molar-refractivity contribution in [2.75, 3.05) is 19.6 Å². The van der Waals surface area contributed by atoms with Crippen molar-refractivity contribution in [2.45, 2.75) is 32.6 Å². The van der Waals surface area contributed by atoms with Gasteiger partial charge in [-0.3, -0.25) is 9.69 Å². The third-order valence-electron chi connectivity index (χ3n) is 4.41. The summed E-state index contributed by atoms with van der Waals surface area (Å²) in [4.78, 5) is 22.5. The molecule has 0 unspecified atom stereocenters. The van der Waals surface area contributed by atoms with Crippen LogP contribution >= 0.6 is 0 Å². The Morgan fingerprint density at radius 2 is 2.12 bits per heavy atom. The molecule has 2 aromatic rings. The number of aromatic nitrogens is 2. The Balaban J connectivity index is 1.79. The second-order valence-electron chi connectivity index (χ2n) is 6.61. The molecule has 2 heterocycles. The number of rotatable bonds is 5. The number of para-hydroxylation sites is 1. The summed E-state index contributed by atoms with van der Waals surface area (Å²) in [5, 5.41) is 0. The Kier molecular flexibility index (Phi) is 5.28. The van der Waals surface area contributed by atoms with Crippen LogP contribution in [0.15, 0.2) is 30.3 Å². The van der Waals surface area contributed by atoms with E-state index in [1.165, 1.54) is 0 Å². The molecule has 1 aliphatic heterocycles. The molecule has 0 radical (unpaired) electrons. The predicted molar refractivity (Wildman–Crippen MR) is 95.6 cm³/mol. The second-order valence-corrected chi connectivity index (χ2v) is 6.61. The summed E-state index contributed by atoms with van der Waals surface area (Å²) < 4.78 is 5.97. The Morgan fingerprint density at radius 1 is 1.32 bits per heavy atom. The minimum atomic E-state index is -0.297. The van der Waals surface area contributed by atoms with E-state index in [0.29, 0.717) is 5.88 Å². The van der Waals surface area contributed by atoms with Gasteiger partial charge in [-0.25, -0.2) is 4.98 Å². The summed E-state index contributed by atoms with van der Waals surface area (Å²) in [6.07, 6.45) is 2.01. The molecule has 6 nitrogen and oxygen atoms in total. The molecule has 1 aliphatic rings. The monoisotopic (exact) mass is 340 g/mol. The molecule has 0 aliphatic carbocycles. The summed E-state index contributed by atoms with van der Waals surface area (Å²) in [5.74, 6) is 2.02. The molecule has 3 rings (SSSR count). The van der Waals surface area contributed by atoms with Crippen molar-refractivity contribution in [3.8, 4) is 11.6 Å². The van der Waals surface area contributed by atoms with Crippen LogP contribution in [0.25, 0.3) is 0 Å². The van der Waals surface area contributed by atoms with Gasteiger partial charge in [0, 0.05) is 24.2 Å². The number of ether oxygens (including phenoxy) is 1. The topological polar surface area (TPSA) is 81.3 Å². The SMILES string of the molecule is Cc1cc(Oc2ccccc2C)nc([C@@H]2CCCN(CC(N)=O)C2)n1. The minimum Gasteiger partial charge on any atom is -0.439 e. The number of hydrogen-bond donors (Lipinski definition) is 1. The second kappa shape index (κ2) is 7.61. The number of likely N-dealkylation sites (tertiary alicyclic amines) is 1. The Morgan fingerprint density at radius 3 is 2.88 bits per heavy atom. The lowest BCUT2D eigenvalue weighted by Gasteiger charge is -2.31. The molecule has 0 bridgehead atoms. The highest BCUT2D eigenvalue weighted by atomic mass is 16.5. The van der Waals surface area contributed by atoms with Gasteiger partial charge in [-0.05, 0) is 44.9 Å². The van der Waals surface area contributed by atoms with Gasteiger partial charge in [0.15, 0.2) is 0 Å². The Hall–Kier alpha value is -2.47. The zero-order chi connectivity index (χ0) is 17.8. The van der Waals surface area contributed by atoms with E-state index in [0.717, 1.165) is 48.8 Å². The molecular weight excluding hydrogens is 316 g/mol. The fourth-order valence-corrected chi connectivity index (χ4v) is 3.21. The maximum absolute atomic E-state index is 11.2. The maximum Gasteiger partial charge on any atom is 0.231 e. The van der Waals surface area contributed by atoms with Crippen LogP contribution in [-0.4, -0.2) is 40.4 Å². The molecule has 0 spiro atoms. The highest BCUT2D eigenvalue weighted by molar-refractivity contribution is 5.75. The summed E-state index contributed by atoms with van der Waals surface area (Å²) in [6.45, 7) is 5.87. The van der Waals surface area contributed by atoms with Gasteiger partial charge in [0.05, 0.1) is 6.54 Å². The van der Waals surface area contributed by atoms with Crippen molar-refractivity contribution >= 4 is 5.91 Å². The van der Waals surface area contributed by atoms with Crippen LogP contribution in [0.3, 0.4) is 0 Å². The highest BCUT2D eigenvalue weighted by Crippen LogP contribution is 2.28. The number of aryl methyl sites for hydroxylation is 2. The minimum absolute atomic E-state index is 0.187. The molecule has 1 fully saturated rings. The number of carbonyl (C=O) groups excluding carboxylic acids is 1. The van der Waals surface area contributed by atoms with Crippen LogP contribution in [0, 0.1) is 13.8 Å². The van der Waals surface area contributed by atoms with Crippen molar-refractivity contribution in [1.29, 1.82) is 0 Å². The fourth-order valence-electron chi connectivity index (χ4n) is 3.21. The molecule has 1 amide bonds. The Labute approximate surface area is 148 Å².